The fourth-order valence-corrected chi connectivity index (χ4v) is 0.674. The first-order valence-electron chi connectivity index (χ1n) is 3.31. The third-order valence-corrected chi connectivity index (χ3v) is 1.26. The summed E-state index contributed by atoms with van der Waals surface area (Å²) in [5.74, 6) is 0.917. The fourth-order valence-electron chi connectivity index (χ4n) is 0.674. The lowest BCUT2D eigenvalue weighted by atomic mass is 10.2. The second kappa shape index (κ2) is 5.71. The SMILES string of the molecule is CF.COc1ccc(C)cc1. The molecule has 0 radical (unpaired) electrons. The van der Waals surface area contributed by atoms with Gasteiger partial charge >= 0.3 is 0 Å². The summed E-state index contributed by atoms with van der Waals surface area (Å²) in [6.45, 7) is 2.06. The molecule has 0 saturated carbocycles. The monoisotopic (exact) mass is 156 g/mol. The van der Waals surface area contributed by atoms with E-state index in [1.54, 1.807) is 7.11 Å². The molecule has 0 unspecified atom stereocenters. The van der Waals surface area contributed by atoms with Gasteiger partial charge in [0.15, 0.2) is 0 Å². The Morgan fingerprint density at radius 3 is 1.91 bits per heavy atom. The molecule has 0 saturated heterocycles. The third-order valence-electron chi connectivity index (χ3n) is 1.26. The molecule has 11 heavy (non-hydrogen) atoms. The van der Waals surface area contributed by atoms with Gasteiger partial charge in [0.2, 0.25) is 0 Å². The van der Waals surface area contributed by atoms with Crippen molar-refractivity contribution in [1.82, 2.24) is 0 Å². The van der Waals surface area contributed by atoms with E-state index >= 15 is 0 Å². The second-order valence-corrected chi connectivity index (χ2v) is 2.02. The third kappa shape index (κ3) is 3.61. The van der Waals surface area contributed by atoms with Gasteiger partial charge in [0.05, 0.1) is 14.3 Å². The van der Waals surface area contributed by atoms with Crippen molar-refractivity contribution < 1.29 is 9.13 Å². The minimum Gasteiger partial charge on any atom is -0.497 e. The van der Waals surface area contributed by atoms with Crippen LogP contribution in [0.25, 0.3) is 0 Å². The molecule has 0 fully saturated rings. The Bertz CT molecular complexity index is 181. The van der Waals surface area contributed by atoms with Crippen molar-refractivity contribution in [2.75, 3.05) is 14.3 Å². The van der Waals surface area contributed by atoms with E-state index in [-0.39, 0.29) is 0 Å². The van der Waals surface area contributed by atoms with Crippen LogP contribution in [0.4, 0.5) is 4.39 Å². The molecule has 0 amide bonds. The van der Waals surface area contributed by atoms with Crippen LogP contribution in [-0.4, -0.2) is 14.3 Å². The van der Waals surface area contributed by atoms with Crippen LogP contribution in [0.3, 0.4) is 0 Å². The highest BCUT2D eigenvalue weighted by molar-refractivity contribution is 5.25. The summed E-state index contributed by atoms with van der Waals surface area (Å²) in [5.41, 5.74) is 1.26. The minimum atomic E-state index is 0.500. The van der Waals surface area contributed by atoms with E-state index in [9.17, 15) is 4.39 Å². The zero-order chi connectivity index (χ0) is 8.69. The molecule has 0 spiro atoms. The van der Waals surface area contributed by atoms with Crippen molar-refractivity contribution in [3.8, 4) is 5.75 Å². The molecule has 0 atom stereocenters. The molecule has 0 aliphatic heterocycles. The maximum absolute atomic E-state index is 9.50. The predicted octanol–water partition coefficient (Wildman–Crippen LogP) is 2.59. The maximum atomic E-state index is 9.50. The number of alkyl halides is 1. The average molecular weight is 156 g/mol. The van der Waals surface area contributed by atoms with Crippen molar-refractivity contribution >= 4 is 0 Å². The molecule has 1 aromatic rings. The summed E-state index contributed by atoms with van der Waals surface area (Å²) in [6.07, 6.45) is 0. The minimum absolute atomic E-state index is 0.500. The van der Waals surface area contributed by atoms with Crippen LogP contribution in [0, 0.1) is 6.92 Å². The number of benzene rings is 1. The Labute approximate surface area is 66.8 Å². The van der Waals surface area contributed by atoms with Gasteiger partial charge in [0.1, 0.15) is 5.75 Å². The highest BCUT2D eigenvalue weighted by Gasteiger charge is 1.85. The van der Waals surface area contributed by atoms with Gasteiger partial charge < -0.3 is 4.74 Å². The van der Waals surface area contributed by atoms with Crippen LogP contribution >= 0.6 is 0 Å². The number of methoxy groups -OCH3 is 1. The molecule has 0 aromatic heterocycles. The molecule has 0 aliphatic rings. The van der Waals surface area contributed by atoms with Gasteiger partial charge in [-0.1, -0.05) is 17.7 Å². The molecule has 0 heterocycles. The lowest BCUT2D eigenvalue weighted by Gasteiger charge is -1.97. The average Bonchev–Trinajstić information content (AvgIpc) is 2.10. The zero-order valence-electron chi connectivity index (χ0n) is 7.10. The van der Waals surface area contributed by atoms with Crippen LogP contribution in [0.5, 0.6) is 5.75 Å². The van der Waals surface area contributed by atoms with Gasteiger partial charge in [-0.05, 0) is 19.1 Å². The van der Waals surface area contributed by atoms with E-state index in [4.69, 9.17) is 4.74 Å². The molecule has 0 aliphatic carbocycles. The van der Waals surface area contributed by atoms with E-state index < -0.39 is 0 Å². The van der Waals surface area contributed by atoms with E-state index in [1.807, 2.05) is 24.3 Å². The largest absolute Gasteiger partial charge is 0.497 e. The molecule has 1 rings (SSSR count). The quantitative estimate of drug-likeness (QED) is 0.607. The normalized spacial score (nSPS) is 8.00. The van der Waals surface area contributed by atoms with E-state index in [0.717, 1.165) is 5.75 Å². The Hall–Kier alpha value is -1.05. The Morgan fingerprint density at radius 1 is 1.09 bits per heavy atom. The van der Waals surface area contributed by atoms with Gasteiger partial charge in [-0.15, -0.1) is 0 Å². The van der Waals surface area contributed by atoms with Crippen LogP contribution in [-0.2, 0) is 0 Å². The summed E-state index contributed by atoms with van der Waals surface area (Å²) in [6, 6.07) is 7.96. The number of hydrogen-bond acceptors (Lipinski definition) is 1. The highest BCUT2D eigenvalue weighted by atomic mass is 19.1. The second-order valence-electron chi connectivity index (χ2n) is 2.02. The van der Waals surface area contributed by atoms with Gasteiger partial charge in [-0.2, -0.15) is 0 Å². The van der Waals surface area contributed by atoms with Crippen LogP contribution in [0.15, 0.2) is 24.3 Å². The predicted molar refractivity (Wildman–Crippen MR) is 44.8 cm³/mol. The molecule has 0 N–H and O–H groups in total. The van der Waals surface area contributed by atoms with Gasteiger partial charge in [0.25, 0.3) is 0 Å². The van der Waals surface area contributed by atoms with Crippen LogP contribution in [0.1, 0.15) is 5.56 Å². The molecular weight excluding hydrogens is 143 g/mol. The zero-order valence-corrected chi connectivity index (χ0v) is 7.10. The first kappa shape index (κ1) is 9.95. The number of ether oxygens (including phenoxy) is 1. The fraction of sp³-hybridized carbons (Fsp3) is 0.333. The van der Waals surface area contributed by atoms with Crippen molar-refractivity contribution in [3.05, 3.63) is 29.8 Å². The molecule has 0 bridgehead atoms. The lowest BCUT2D eigenvalue weighted by molar-refractivity contribution is 0.414. The first-order valence-corrected chi connectivity index (χ1v) is 3.31. The Morgan fingerprint density at radius 2 is 1.55 bits per heavy atom. The number of hydrogen-bond donors (Lipinski definition) is 0. The molecular formula is C9H13FO. The van der Waals surface area contributed by atoms with Gasteiger partial charge in [-0.3, -0.25) is 4.39 Å². The summed E-state index contributed by atoms with van der Waals surface area (Å²) < 4.78 is 14.5. The lowest BCUT2D eigenvalue weighted by Crippen LogP contribution is -1.80. The van der Waals surface area contributed by atoms with E-state index in [1.165, 1.54) is 5.56 Å². The molecule has 2 heteroatoms. The number of halogens is 1. The van der Waals surface area contributed by atoms with Crippen molar-refractivity contribution in [2.45, 2.75) is 6.92 Å². The Kier molecular flexibility index (Phi) is 5.17. The topological polar surface area (TPSA) is 9.23 Å². The van der Waals surface area contributed by atoms with E-state index in [0.29, 0.717) is 7.18 Å². The summed E-state index contributed by atoms with van der Waals surface area (Å²) >= 11 is 0. The van der Waals surface area contributed by atoms with Crippen LogP contribution in [0.2, 0.25) is 0 Å². The molecule has 62 valence electrons. The molecule has 1 aromatic carbocycles. The highest BCUT2D eigenvalue weighted by Crippen LogP contribution is 2.09. The first-order chi connectivity index (χ1) is 5.33. The van der Waals surface area contributed by atoms with Crippen molar-refractivity contribution in [1.29, 1.82) is 0 Å². The summed E-state index contributed by atoms with van der Waals surface area (Å²) in [4.78, 5) is 0. The maximum Gasteiger partial charge on any atom is 0.118 e. The summed E-state index contributed by atoms with van der Waals surface area (Å²) in [5, 5.41) is 0. The number of aryl methyl sites for hydroxylation is 1. The van der Waals surface area contributed by atoms with E-state index in [2.05, 4.69) is 6.92 Å². The smallest absolute Gasteiger partial charge is 0.118 e. The summed E-state index contributed by atoms with van der Waals surface area (Å²) in [7, 11) is 2.17. The van der Waals surface area contributed by atoms with Gasteiger partial charge in [0, 0.05) is 0 Å². The van der Waals surface area contributed by atoms with Crippen molar-refractivity contribution in [2.24, 2.45) is 0 Å². The van der Waals surface area contributed by atoms with Crippen molar-refractivity contribution in [3.63, 3.8) is 0 Å². The Balaban J connectivity index is 0.000000461. The standard InChI is InChI=1S/C8H10O.CH3F/c1-7-3-5-8(9-2)6-4-7;1-2/h3-6H,1-2H3;1H3. The van der Waals surface area contributed by atoms with Crippen LogP contribution < -0.4 is 4.74 Å². The number of rotatable bonds is 1. The molecule has 1 nitrogen and oxygen atoms in total. The van der Waals surface area contributed by atoms with Gasteiger partial charge in [-0.25, -0.2) is 0 Å².